The highest BCUT2D eigenvalue weighted by Crippen LogP contribution is 2.24. The second kappa shape index (κ2) is 8.96. The molecule has 9 nitrogen and oxygen atoms in total. The third-order valence-corrected chi connectivity index (χ3v) is 4.39. The van der Waals surface area contributed by atoms with Crippen LogP contribution in [-0.2, 0) is 11.3 Å². The number of carbonyl (C=O) groups is 1. The number of rotatable bonds is 6. The van der Waals surface area contributed by atoms with Gasteiger partial charge in [-0.1, -0.05) is 6.07 Å². The first kappa shape index (κ1) is 22.6. The number of amides is 1. The number of anilines is 1. The summed E-state index contributed by atoms with van der Waals surface area (Å²) in [4.78, 5) is 36.9. The van der Waals surface area contributed by atoms with Gasteiger partial charge in [-0.15, -0.1) is 5.10 Å². The lowest BCUT2D eigenvalue weighted by atomic mass is 10.2. The van der Waals surface area contributed by atoms with Crippen LogP contribution in [0.5, 0.6) is 11.6 Å². The first-order valence-electron chi connectivity index (χ1n) is 9.04. The minimum atomic E-state index is -1.09. The van der Waals surface area contributed by atoms with E-state index in [1.165, 1.54) is 13.0 Å². The van der Waals surface area contributed by atoms with Crippen molar-refractivity contribution in [3.8, 4) is 17.3 Å². The molecule has 0 saturated carbocycles. The highest BCUT2D eigenvalue weighted by atomic mass is 19.1. The van der Waals surface area contributed by atoms with Crippen LogP contribution in [-0.4, -0.2) is 34.5 Å². The number of nitrogens with one attached hydrogen (secondary N) is 1. The van der Waals surface area contributed by atoms with E-state index in [0.717, 1.165) is 43.2 Å². The molecule has 1 amide bonds. The molecule has 0 unspecified atom stereocenters. The molecule has 0 saturated heterocycles. The fraction of sp³-hybridized carbons (Fsp3) is 0.200. The van der Waals surface area contributed by atoms with Gasteiger partial charge in [0, 0.05) is 12.5 Å². The average Bonchev–Trinajstić information content (AvgIpc) is 2.74. The van der Waals surface area contributed by atoms with E-state index in [1.807, 2.05) is 0 Å². The summed E-state index contributed by atoms with van der Waals surface area (Å²) < 4.78 is 53.2. The van der Waals surface area contributed by atoms with Crippen LogP contribution >= 0.6 is 0 Å². The highest BCUT2D eigenvalue weighted by molar-refractivity contribution is 5.89. The molecule has 0 aliphatic carbocycles. The minimum absolute atomic E-state index is 0.00985. The standard InChI is InChI=1S/C20H17F3N4O5/c1-10(28)24-15-8-12(5-7-13(15)21)27-20(30)26(19(29)18(25-27)32-3)9-11-4-6-14(22)17(31-2)16(11)23/h4-8H,9H2,1-3H3,(H,24,28). The second-order valence-electron chi connectivity index (χ2n) is 6.49. The summed E-state index contributed by atoms with van der Waals surface area (Å²) in [6, 6.07) is 5.29. The molecule has 1 aromatic heterocycles. The molecule has 168 valence electrons. The lowest BCUT2D eigenvalue weighted by Gasteiger charge is -2.14. The Hall–Kier alpha value is -4.09. The van der Waals surface area contributed by atoms with Crippen molar-refractivity contribution in [2.75, 3.05) is 19.5 Å². The first-order valence-corrected chi connectivity index (χ1v) is 9.04. The summed E-state index contributed by atoms with van der Waals surface area (Å²) >= 11 is 0. The molecule has 0 atom stereocenters. The third kappa shape index (κ3) is 4.19. The van der Waals surface area contributed by atoms with Gasteiger partial charge in [0.1, 0.15) is 5.82 Å². The highest BCUT2D eigenvalue weighted by Gasteiger charge is 2.20. The van der Waals surface area contributed by atoms with E-state index in [0.29, 0.717) is 4.57 Å². The Balaban J connectivity index is 2.19. The predicted molar refractivity (Wildman–Crippen MR) is 107 cm³/mol. The van der Waals surface area contributed by atoms with E-state index >= 15 is 0 Å². The SMILES string of the molecule is COc1c(F)ccc(Cn2c(=O)c(OC)nn(-c3ccc(F)c(NC(C)=O)c3)c2=O)c1F. The number of nitrogens with zero attached hydrogens (tertiary/aromatic N) is 3. The van der Waals surface area contributed by atoms with E-state index in [-0.39, 0.29) is 16.9 Å². The largest absolute Gasteiger partial charge is 0.491 e. The molecule has 2 aromatic carbocycles. The van der Waals surface area contributed by atoms with Crippen LogP contribution in [0.15, 0.2) is 39.9 Å². The Kier molecular flexibility index (Phi) is 6.32. The van der Waals surface area contributed by atoms with Crippen molar-refractivity contribution in [3.05, 3.63) is 74.2 Å². The van der Waals surface area contributed by atoms with E-state index in [1.54, 1.807) is 0 Å². The van der Waals surface area contributed by atoms with Gasteiger partial charge in [0.25, 0.3) is 5.88 Å². The number of hydrogen-bond acceptors (Lipinski definition) is 6. The normalized spacial score (nSPS) is 10.7. The van der Waals surface area contributed by atoms with Crippen molar-refractivity contribution in [2.45, 2.75) is 13.5 Å². The molecule has 3 rings (SSSR count). The Morgan fingerprint density at radius 3 is 2.38 bits per heavy atom. The first-order chi connectivity index (χ1) is 15.2. The van der Waals surface area contributed by atoms with Crippen molar-refractivity contribution in [3.63, 3.8) is 0 Å². The maximum absolute atomic E-state index is 14.6. The fourth-order valence-electron chi connectivity index (χ4n) is 2.91. The number of methoxy groups -OCH3 is 2. The van der Waals surface area contributed by atoms with Crippen molar-refractivity contribution in [2.24, 2.45) is 0 Å². The van der Waals surface area contributed by atoms with Crippen LogP contribution < -0.4 is 26.0 Å². The van der Waals surface area contributed by atoms with Gasteiger partial charge in [-0.25, -0.2) is 22.5 Å². The average molecular weight is 450 g/mol. The smallest absolute Gasteiger partial charge is 0.352 e. The van der Waals surface area contributed by atoms with Gasteiger partial charge in [-0.05, 0) is 24.3 Å². The zero-order chi connectivity index (χ0) is 23.6. The summed E-state index contributed by atoms with van der Waals surface area (Å²) in [6.45, 7) is 0.573. The Labute approximate surface area is 178 Å². The van der Waals surface area contributed by atoms with Crippen LogP contribution in [0.1, 0.15) is 12.5 Å². The third-order valence-electron chi connectivity index (χ3n) is 4.39. The fourth-order valence-corrected chi connectivity index (χ4v) is 2.91. The van der Waals surface area contributed by atoms with Crippen LogP contribution in [0.4, 0.5) is 18.9 Å². The summed E-state index contributed by atoms with van der Waals surface area (Å²) in [5.74, 6) is -4.54. The Morgan fingerprint density at radius 1 is 1.06 bits per heavy atom. The summed E-state index contributed by atoms with van der Waals surface area (Å²) in [5, 5.41) is 6.08. The van der Waals surface area contributed by atoms with Crippen LogP contribution in [0.25, 0.3) is 5.69 Å². The van der Waals surface area contributed by atoms with Gasteiger partial charge >= 0.3 is 11.2 Å². The maximum atomic E-state index is 14.6. The minimum Gasteiger partial charge on any atom is -0.491 e. The second-order valence-corrected chi connectivity index (χ2v) is 6.49. The molecule has 0 bridgehead atoms. The molecule has 0 fully saturated rings. The summed E-state index contributed by atoms with van der Waals surface area (Å²) in [5.41, 5.74) is -2.43. The number of hydrogen-bond donors (Lipinski definition) is 1. The van der Waals surface area contributed by atoms with Gasteiger partial charge in [-0.2, -0.15) is 4.68 Å². The van der Waals surface area contributed by atoms with Gasteiger partial charge in [0.05, 0.1) is 32.1 Å². The number of halogens is 3. The molecule has 3 aromatic rings. The van der Waals surface area contributed by atoms with Crippen molar-refractivity contribution in [1.29, 1.82) is 0 Å². The van der Waals surface area contributed by atoms with E-state index in [4.69, 9.17) is 4.74 Å². The Bertz CT molecular complexity index is 1320. The molecule has 0 radical (unpaired) electrons. The number of carbonyl (C=O) groups excluding carboxylic acids is 1. The zero-order valence-electron chi connectivity index (χ0n) is 17.1. The van der Waals surface area contributed by atoms with Gasteiger partial charge in [0.15, 0.2) is 17.4 Å². The monoisotopic (exact) mass is 450 g/mol. The van der Waals surface area contributed by atoms with Crippen molar-refractivity contribution in [1.82, 2.24) is 14.3 Å². The van der Waals surface area contributed by atoms with Crippen molar-refractivity contribution < 1.29 is 27.4 Å². The van der Waals surface area contributed by atoms with E-state index < -0.39 is 52.8 Å². The molecule has 12 heteroatoms. The summed E-state index contributed by atoms with van der Waals surface area (Å²) in [6.07, 6.45) is 0. The number of benzene rings is 2. The number of ether oxygens (including phenoxy) is 2. The zero-order valence-corrected chi connectivity index (χ0v) is 17.1. The van der Waals surface area contributed by atoms with Gasteiger partial charge in [-0.3, -0.25) is 9.59 Å². The molecular formula is C20H17F3N4O5. The van der Waals surface area contributed by atoms with Crippen LogP contribution in [0.2, 0.25) is 0 Å². The number of aromatic nitrogens is 3. The topological polar surface area (TPSA) is 104 Å². The quantitative estimate of drug-likeness (QED) is 0.615. The van der Waals surface area contributed by atoms with Gasteiger partial charge < -0.3 is 14.8 Å². The van der Waals surface area contributed by atoms with E-state index in [9.17, 15) is 27.6 Å². The lowest BCUT2D eigenvalue weighted by Crippen LogP contribution is -2.41. The molecule has 0 aliphatic rings. The van der Waals surface area contributed by atoms with Crippen LogP contribution in [0.3, 0.4) is 0 Å². The lowest BCUT2D eigenvalue weighted by molar-refractivity contribution is -0.114. The van der Waals surface area contributed by atoms with E-state index in [2.05, 4.69) is 15.2 Å². The molecule has 32 heavy (non-hydrogen) atoms. The molecule has 0 aliphatic heterocycles. The Morgan fingerprint density at radius 2 is 1.75 bits per heavy atom. The van der Waals surface area contributed by atoms with Crippen molar-refractivity contribution >= 4 is 11.6 Å². The molecule has 1 N–H and O–H groups in total. The predicted octanol–water partition coefficient (Wildman–Crippen LogP) is 1.84. The molecule has 0 spiro atoms. The van der Waals surface area contributed by atoms with Gasteiger partial charge in [0.2, 0.25) is 5.91 Å². The summed E-state index contributed by atoms with van der Waals surface area (Å²) in [7, 11) is 2.21. The van der Waals surface area contributed by atoms with Crippen LogP contribution in [0, 0.1) is 17.5 Å². The maximum Gasteiger partial charge on any atom is 0.352 e. The molecule has 1 heterocycles. The molecular weight excluding hydrogens is 433 g/mol.